The lowest BCUT2D eigenvalue weighted by Gasteiger charge is -2.30. The SMILES string of the molecule is CC(=O)N1CCC(CC(=O)Nc2ncc(-c3cc(F)cc(F)c3)cc2C)CC1. The van der Waals surface area contributed by atoms with Crippen LogP contribution >= 0.6 is 0 Å². The smallest absolute Gasteiger partial charge is 0.225 e. The van der Waals surface area contributed by atoms with E-state index >= 15 is 0 Å². The van der Waals surface area contributed by atoms with Crippen molar-refractivity contribution >= 4 is 17.6 Å². The number of hydrogen-bond acceptors (Lipinski definition) is 3. The molecule has 1 fully saturated rings. The van der Waals surface area contributed by atoms with Crippen LogP contribution in [0.15, 0.2) is 30.5 Å². The number of halogens is 2. The van der Waals surface area contributed by atoms with E-state index < -0.39 is 11.6 Å². The Hall–Kier alpha value is -2.83. The summed E-state index contributed by atoms with van der Waals surface area (Å²) in [5.41, 5.74) is 1.68. The second-order valence-corrected chi connectivity index (χ2v) is 7.25. The van der Waals surface area contributed by atoms with Gasteiger partial charge in [0.1, 0.15) is 17.5 Å². The van der Waals surface area contributed by atoms with Crippen molar-refractivity contribution in [3.8, 4) is 11.1 Å². The molecule has 7 heteroatoms. The Labute approximate surface area is 162 Å². The van der Waals surface area contributed by atoms with Gasteiger partial charge < -0.3 is 10.2 Å². The number of piperidine rings is 1. The molecule has 5 nitrogen and oxygen atoms in total. The van der Waals surface area contributed by atoms with Crippen molar-refractivity contribution in [1.29, 1.82) is 0 Å². The molecule has 0 atom stereocenters. The molecule has 1 aromatic heterocycles. The summed E-state index contributed by atoms with van der Waals surface area (Å²) < 4.78 is 26.8. The average molecular weight is 387 g/mol. The Morgan fingerprint density at radius 2 is 1.75 bits per heavy atom. The van der Waals surface area contributed by atoms with E-state index in [1.807, 2.05) is 0 Å². The van der Waals surface area contributed by atoms with E-state index in [-0.39, 0.29) is 17.7 Å². The number of aryl methyl sites for hydroxylation is 1. The van der Waals surface area contributed by atoms with Gasteiger partial charge >= 0.3 is 0 Å². The molecule has 0 radical (unpaired) electrons. The summed E-state index contributed by atoms with van der Waals surface area (Å²) in [5.74, 6) is -0.679. The number of amides is 2. The first-order chi connectivity index (χ1) is 13.3. The first-order valence-electron chi connectivity index (χ1n) is 9.30. The molecule has 2 heterocycles. The first kappa shape index (κ1) is 19.9. The van der Waals surface area contributed by atoms with Crippen molar-refractivity contribution in [2.45, 2.75) is 33.1 Å². The lowest BCUT2D eigenvalue weighted by molar-refractivity contribution is -0.130. The summed E-state index contributed by atoms with van der Waals surface area (Å²) in [6.45, 7) is 4.71. The number of hydrogen-bond donors (Lipinski definition) is 1. The van der Waals surface area contributed by atoms with Crippen molar-refractivity contribution in [1.82, 2.24) is 9.88 Å². The third-order valence-corrected chi connectivity index (χ3v) is 5.07. The van der Waals surface area contributed by atoms with Gasteiger partial charge in [0.15, 0.2) is 0 Å². The quantitative estimate of drug-likeness (QED) is 0.865. The molecule has 0 unspecified atom stereocenters. The van der Waals surface area contributed by atoms with E-state index in [0.717, 1.165) is 18.9 Å². The largest absolute Gasteiger partial charge is 0.343 e. The van der Waals surface area contributed by atoms with E-state index in [4.69, 9.17) is 0 Å². The summed E-state index contributed by atoms with van der Waals surface area (Å²) in [6, 6.07) is 5.04. The van der Waals surface area contributed by atoms with Gasteiger partial charge in [-0.05, 0) is 55.0 Å². The van der Waals surface area contributed by atoms with Crippen LogP contribution in [0.25, 0.3) is 11.1 Å². The fraction of sp³-hybridized carbons (Fsp3) is 0.381. The molecule has 1 aliphatic heterocycles. The van der Waals surface area contributed by atoms with Crippen LogP contribution in [0.1, 0.15) is 31.7 Å². The van der Waals surface area contributed by atoms with Crippen molar-refractivity contribution in [3.05, 3.63) is 47.7 Å². The van der Waals surface area contributed by atoms with Crippen LogP contribution < -0.4 is 5.32 Å². The van der Waals surface area contributed by atoms with Gasteiger partial charge in [-0.15, -0.1) is 0 Å². The van der Waals surface area contributed by atoms with Crippen LogP contribution in [0, 0.1) is 24.5 Å². The minimum Gasteiger partial charge on any atom is -0.343 e. The molecule has 0 aliphatic carbocycles. The zero-order chi connectivity index (χ0) is 20.3. The number of nitrogens with zero attached hydrogens (tertiary/aromatic N) is 2. The summed E-state index contributed by atoms with van der Waals surface area (Å²) in [7, 11) is 0. The number of carbonyl (C=O) groups is 2. The maximum absolute atomic E-state index is 13.4. The summed E-state index contributed by atoms with van der Waals surface area (Å²) in [5, 5.41) is 2.81. The third-order valence-electron chi connectivity index (χ3n) is 5.07. The molecular formula is C21H23F2N3O2. The number of nitrogens with one attached hydrogen (secondary N) is 1. The molecule has 1 aliphatic rings. The van der Waals surface area contributed by atoms with Gasteiger partial charge in [0, 0.05) is 44.3 Å². The predicted molar refractivity (Wildman–Crippen MR) is 103 cm³/mol. The van der Waals surface area contributed by atoms with E-state index in [2.05, 4.69) is 10.3 Å². The van der Waals surface area contributed by atoms with Gasteiger partial charge in [0.05, 0.1) is 0 Å². The number of carbonyl (C=O) groups excluding carboxylic acids is 2. The highest BCUT2D eigenvalue weighted by atomic mass is 19.1. The fourth-order valence-corrected chi connectivity index (χ4v) is 3.48. The number of pyridine rings is 1. The van der Waals surface area contributed by atoms with Gasteiger partial charge in [0.2, 0.25) is 11.8 Å². The van der Waals surface area contributed by atoms with Crippen LogP contribution in [-0.4, -0.2) is 34.8 Å². The molecule has 1 saturated heterocycles. The van der Waals surface area contributed by atoms with Crippen LogP contribution in [0.4, 0.5) is 14.6 Å². The first-order valence-corrected chi connectivity index (χ1v) is 9.30. The van der Waals surface area contributed by atoms with Crippen molar-refractivity contribution in [2.24, 2.45) is 5.92 Å². The molecule has 0 spiro atoms. The van der Waals surface area contributed by atoms with Crippen molar-refractivity contribution in [2.75, 3.05) is 18.4 Å². The Bertz CT molecular complexity index is 873. The van der Waals surface area contributed by atoms with Gasteiger partial charge in [-0.2, -0.15) is 0 Å². The maximum atomic E-state index is 13.4. The molecule has 2 amide bonds. The molecule has 2 aromatic rings. The number of likely N-dealkylation sites (tertiary alicyclic amines) is 1. The molecule has 28 heavy (non-hydrogen) atoms. The minimum absolute atomic E-state index is 0.0704. The molecule has 148 valence electrons. The fourth-order valence-electron chi connectivity index (χ4n) is 3.48. The molecule has 0 bridgehead atoms. The maximum Gasteiger partial charge on any atom is 0.225 e. The second-order valence-electron chi connectivity index (χ2n) is 7.25. The number of benzene rings is 1. The lowest BCUT2D eigenvalue weighted by atomic mass is 9.93. The Kier molecular flexibility index (Phi) is 6.02. The zero-order valence-corrected chi connectivity index (χ0v) is 16.0. The summed E-state index contributed by atoms with van der Waals surface area (Å²) in [4.78, 5) is 29.8. The molecule has 3 rings (SSSR count). The van der Waals surface area contributed by atoms with E-state index in [0.29, 0.717) is 42.0 Å². The standard InChI is InChI=1S/C21H23F2N3O2/c1-13-7-17(16-9-18(22)11-19(23)10-16)12-24-21(13)25-20(28)8-15-3-5-26(6-4-15)14(2)27/h7,9-12,15H,3-6,8H2,1-2H3,(H,24,25,28). The molecule has 1 N–H and O–H groups in total. The highest BCUT2D eigenvalue weighted by Crippen LogP contribution is 2.25. The van der Waals surface area contributed by atoms with Crippen LogP contribution in [0.5, 0.6) is 0 Å². The highest BCUT2D eigenvalue weighted by molar-refractivity contribution is 5.90. The van der Waals surface area contributed by atoms with Crippen LogP contribution in [0.2, 0.25) is 0 Å². The highest BCUT2D eigenvalue weighted by Gasteiger charge is 2.23. The Morgan fingerprint density at radius 3 is 2.32 bits per heavy atom. The lowest BCUT2D eigenvalue weighted by Crippen LogP contribution is -2.37. The van der Waals surface area contributed by atoms with Gasteiger partial charge in [-0.25, -0.2) is 13.8 Å². The Morgan fingerprint density at radius 1 is 1.11 bits per heavy atom. The minimum atomic E-state index is -0.652. The number of aromatic nitrogens is 1. The van der Waals surface area contributed by atoms with E-state index in [1.54, 1.807) is 24.8 Å². The van der Waals surface area contributed by atoms with Crippen LogP contribution in [-0.2, 0) is 9.59 Å². The monoisotopic (exact) mass is 387 g/mol. The molecule has 0 saturated carbocycles. The van der Waals surface area contributed by atoms with E-state index in [9.17, 15) is 18.4 Å². The Balaban J connectivity index is 1.62. The second kappa shape index (κ2) is 8.46. The van der Waals surface area contributed by atoms with Gasteiger partial charge in [0.25, 0.3) is 0 Å². The van der Waals surface area contributed by atoms with Crippen LogP contribution in [0.3, 0.4) is 0 Å². The topological polar surface area (TPSA) is 62.3 Å². The normalized spacial score (nSPS) is 14.8. The number of rotatable bonds is 4. The van der Waals surface area contributed by atoms with Crippen molar-refractivity contribution < 1.29 is 18.4 Å². The molecule has 1 aromatic carbocycles. The van der Waals surface area contributed by atoms with Gasteiger partial charge in [-0.1, -0.05) is 0 Å². The molecular weight excluding hydrogens is 364 g/mol. The zero-order valence-electron chi connectivity index (χ0n) is 16.0. The third kappa shape index (κ3) is 4.91. The predicted octanol–water partition coefficient (Wildman–Crippen LogP) is 3.92. The van der Waals surface area contributed by atoms with E-state index in [1.165, 1.54) is 18.3 Å². The number of anilines is 1. The average Bonchev–Trinajstić information content (AvgIpc) is 2.63. The van der Waals surface area contributed by atoms with Crippen molar-refractivity contribution in [3.63, 3.8) is 0 Å². The summed E-state index contributed by atoms with van der Waals surface area (Å²) >= 11 is 0. The summed E-state index contributed by atoms with van der Waals surface area (Å²) in [6.07, 6.45) is 3.48. The van der Waals surface area contributed by atoms with Gasteiger partial charge in [-0.3, -0.25) is 9.59 Å².